The summed E-state index contributed by atoms with van der Waals surface area (Å²) in [6, 6.07) is 0.512. The first kappa shape index (κ1) is 12.9. The maximum absolute atomic E-state index is 5.45. The Hall–Kier alpha value is -0.120. The minimum absolute atomic E-state index is 0.0184. The zero-order valence-corrected chi connectivity index (χ0v) is 9.39. The van der Waals surface area contributed by atoms with Crippen LogP contribution in [0.1, 0.15) is 33.6 Å². The van der Waals surface area contributed by atoms with Crippen LogP contribution in [-0.2, 0) is 4.74 Å². The van der Waals surface area contributed by atoms with E-state index in [1.54, 1.807) is 7.11 Å². The van der Waals surface area contributed by atoms with Crippen molar-refractivity contribution in [2.24, 2.45) is 5.73 Å². The third-order valence-electron chi connectivity index (χ3n) is 2.37. The molecular formula is C10H24N2O. The van der Waals surface area contributed by atoms with Gasteiger partial charge in [-0.05, 0) is 46.7 Å². The Bertz CT molecular complexity index is 126. The van der Waals surface area contributed by atoms with Crippen LogP contribution in [-0.4, -0.2) is 31.8 Å². The number of rotatable bonds is 7. The van der Waals surface area contributed by atoms with Crippen molar-refractivity contribution in [2.45, 2.75) is 45.3 Å². The van der Waals surface area contributed by atoms with Crippen LogP contribution in [0.25, 0.3) is 0 Å². The van der Waals surface area contributed by atoms with Crippen molar-refractivity contribution in [2.75, 3.05) is 20.2 Å². The smallest absolute Gasteiger partial charge is 0.0634 e. The van der Waals surface area contributed by atoms with Gasteiger partial charge in [0.25, 0.3) is 0 Å². The number of nitrogens with one attached hydrogen (secondary N) is 1. The summed E-state index contributed by atoms with van der Waals surface area (Å²) in [5.41, 5.74) is 5.43. The molecule has 0 heterocycles. The lowest BCUT2D eigenvalue weighted by Crippen LogP contribution is -2.34. The topological polar surface area (TPSA) is 47.3 Å². The molecule has 3 nitrogen and oxygen atoms in total. The van der Waals surface area contributed by atoms with E-state index in [2.05, 4.69) is 26.1 Å². The molecule has 0 amide bonds. The van der Waals surface area contributed by atoms with E-state index in [9.17, 15) is 0 Å². The SMILES string of the molecule is COC(C)(C)CCNC(C)CCN. The van der Waals surface area contributed by atoms with Crippen molar-refractivity contribution in [3.8, 4) is 0 Å². The van der Waals surface area contributed by atoms with Crippen LogP contribution in [0, 0.1) is 0 Å². The quantitative estimate of drug-likeness (QED) is 0.629. The normalized spacial score (nSPS) is 14.5. The molecular weight excluding hydrogens is 164 g/mol. The second-order valence-corrected chi connectivity index (χ2v) is 4.15. The van der Waals surface area contributed by atoms with E-state index in [0.29, 0.717) is 6.04 Å². The van der Waals surface area contributed by atoms with Gasteiger partial charge >= 0.3 is 0 Å². The first-order chi connectivity index (χ1) is 6.02. The molecule has 1 atom stereocenters. The van der Waals surface area contributed by atoms with Crippen LogP contribution in [0.5, 0.6) is 0 Å². The van der Waals surface area contributed by atoms with Crippen molar-refractivity contribution in [3.63, 3.8) is 0 Å². The van der Waals surface area contributed by atoms with Gasteiger partial charge in [0.1, 0.15) is 0 Å². The minimum atomic E-state index is -0.0184. The molecule has 0 aromatic rings. The summed E-state index contributed by atoms with van der Waals surface area (Å²) < 4.78 is 5.31. The van der Waals surface area contributed by atoms with E-state index in [-0.39, 0.29) is 5.60 Å². The van der Waals surface area contributed by atoms with Crippen molar-refractivity contribution < 1.29 is 4.74 Å². The summed E-state index contributed by atoms with van der Waals surface area (Å²) in [6.07, 6.45) is 2.06. The molecule has 0 aliphatic heterocycles. The highest BCUT2D eigenvalue weighted by molar-refractivity contribution is 4.70. The average Bonchev–Trinajstić information content (AvgIpc) is 2.05. The summed E-state index contributed by atoms with van der Waals surface area (Å²) in [5, 5.41) is 3.41. The first-order valence-electron chi connectivity index (χ1n) is 5.00. The van der Waals surface area contributed by atoms with Gasteiger partial charge < -0.3 is 15.8 Å². The lowest BCUT2D eigenvalue weighted by Gasteiger charge is -2.24. The zero-order valence-electron chi connectivity index (χ0n) is 9.39. The van der Waals surface area contributed by atoms with Gasteiger partial charge in [-0.15, -0.1) is 0 Å². The Morgan fingerprint density at radius 2 is 2.08 bits per heavy atom. The van der Waals surface area contributed by atoms with Crippen LogP contribution < -0.4 is 11.1 Å². The van der Waals surface area contributed by atoms with E-state index in [0.717, 1.165) is 25.9 Å². The van der Waals surface area contributed by atoms with Crippen LogP contribution in [0.15, 0.2) is 0 Å². The second-order valence-electron chi connectivity index (χ2n) is 4.15. The molecule has 0 spiro atoms. The largest absolute Gasteiger partial charge is 0.379 e. The minimum Gasteiger partial charge on any atom is -0.379 e. The molecule has 0 radical (unpaired) electrons. The molecule has 13 heavy (non-hydrogen) atoms. The van der Waals surface area contributed by atoms with Crippen molar-refractivity contribution >= 4 is 0 Å². The van der Waals surface area contributed by atoms with Crippen LogP contribution in [0.3, 0.4) is 0 Å². The highest BCUT2D eigenvalue weighted by Gasteiger charge is 2.15. The van der Waals surface area contributed by atoms with Crippen molar-refractivity contribution in [3.05, 3.63) is 0 Å². The third-order valence-corrected chi connectivity index (χ3v) is 2.37. The molecule has 1 unspecified atom stereocenters. The first-order valence-corrected chi connectivity index (χ1v) is 5.00. The number of hydrogen-bond donors (Lipinski definition) is 2. The van der Waals surface area contributed by atoms with Gasteiger partial charge in [0.15, 0.2) is 0 Å². The molecule has 0 aliphatic carbocycles. The van der Waals surface area contributed by atoms with E-state index >= 15 is 0 Å². The van der Waals surface area contributed by atoms with E-state index < -0.39 is 0 Å². The van der Waals surface area contributed by atoms with Gasteiger partial charge in [-0.25, -0.2) is 0 Å². The fourth-order valence-electron chi connectivity index (χ4n) is 1.07. The standard InChI is InChI=1S/C10H24N2O/c1-9(5-7-11)12-8-6-10(2,3)13-4/h9,12H,5-8,11H2,1-4H3. The van der Waals surface area contributed by atoms with Crippen LogP contribution in [0.2, 0.25) is 0 Å². The van der Waals surface area contributed by atoms with Gasteiger partial charge in [0.2, 0.25) is 0 Å². The number of hydrogen-bond acceptors (Lipinski definition) is 3. The van der Waals surface area contributed by atoms with Crippen LogP contribution >= 0.6 is 0 Å². The highest BCUT2D eigenvalue weighted by Crippen LogP contribution is 2.11. The lowest BCUT2D eigenvalue weighted by atomic mass is 10.1. The van der Waals surface area contributed by atoms with Crippen molar-refractivity contribution in [1.82, 2.24) is 5.32 Å². The summed E-state index contributed by atoms with van der Waals surface area (Å²) in [4.78, 5) is 0. The highest BCUT2D eigenvalue weighted by atomic mass is 16.5. The van der Waals surface area contributed by atoms with Gasteiger partial charge in [-0.2, -0.15) is 0 Å². The van der Waals surface area contributed by atoms with E-state index in [4.69, 9.17) is 10.5 Å². The van der Waals surface area contributed by atoms with Gasteiger partial charge in [0.05, 0.1) is 5.60 Å². The molecule has 3 N–H and O–H groups in total. The van der Waals surface area contributed by atoms with Crippen LogP contribution in [0.4, 0.5) is 0 Å². The third kappa shape index (κ3) is 6.99. The van der Waals surface area contributed by atoms with Crippen molar-refractivity contribution in [1.29, 1.82) is 0 Å². The number of methoxy groups -OCH3 is 1. The monoisotopic (exact) mass is 188 g/mol. The Morgan fingerprint density at radius 1 is 1.46 bits per heavy atom. The number of nitrogens with two attached hydrogens (primary N) is 1. The van der Waals surface area contributed by atoms with Gasteiger partial charge in [-0.1, -0.05) is 0 Å². The predicted molar refractivity (Wildman–Crippen MR) is 56.8 cm³/mol. The molecule has 0 fully saturated rings. The lowest BCUT2D eigenvalue weighted by molar-refractivity contribution is 0.0154. The Labute approximate surface area is 82.0 Å². The maximum atomic E-state index is 5.45. The fraction of sp³-hybridized carbons (Fsp3) is 1.00. The molecule has 80 valence electrons. The number of ether oxygens (including phenoxy) is 1. The maximum Gasteiger partial charge on any atom is 0.0634 e. The zero-order chi connectivity index (χ0) is 10.3. The fourth-order valence-corrected chi connectivity index (χ4v) is 1.07. The Morgan fingerprint density at radius 3 is 2.54 bits per heavy atom. The molecule has 0 aromatic heterocycles. The summed E-state index contributed by atoms with van der Waals surface area (Å²) in [6.45, 7) is 8.10. The Balaban J connectivity index is 3.44. The predicted octanol–water partition coefficient (Wildman–Crippen LogP) is 1.13. The summed E-state index contributed by atoms with van der Waals surface area (Å²) in [7, 11) is 1.75. The molecule has 0 saturated carbocycles. The van der Waals surface area contributed by atoms with Gasteiger partial charge in [0, 0.05) is 13.2 Å². The molecule has 0 rings (SSSR count). The average molecular weight is 188 g/mol. The summed E-state index contributed by atoms with van der Waals surface area (Å²) in [5.74, 6) is 0. The molecule has 0 aliphatic rings. The molecule has 0 bridgehead atoms. The summed E-state index contributed by atoms with van der Waals surface area (Å²) >= 11 is 0. The molecule has 0 saturated heterocycles. The van der Waals surface area contributed by atoms with E-state index in [1.165, 1.54) is 0 Å². The van der Waals surface area contributed by atoms with Gasteiger partial charge in [-0.3, -0.25) is 0 Å². The Kier molecular flexibility index (Phi) is 6.29. The molecule has 0 aromatic carbocycles. The second kappa shape index (κ2) is 6.35. The molecule has 3 heteroatoms. The van der Waals surface area contributed by atoms with E-state index in [1.807, 2.05) is 0 Å².